The predicted molar refractivity (Wildman–Crippen MR) is 82.6 cm³/mol. The van der Waals surface area contributed by atoms with Gasteiger partial charge in [-0.15, -0.1) is 0 Å². The van der Waals surface area contributed by atoms with Crippen molar-refractivity contribution in [2.45, 2.75) is 51.5 Å². The van der Waals surface area contributed by atoms with E-state index >= 15 is 0 Å². The van der Waals surface area contributed by atoms with Crippen LogP contribution in [-0.4, -0.2) is 48.0 Å². The van der Waals surface area contributed by atoms with Crippen LogP contribution in [0, 0.1) is 5.92 Å². The van der Waals surface area contributed by atoms with Crippen molar-refractivity contribution >= 4 is 17.7 Å². The first-order chi connectivity index (χ1) is 9.31. The van der Waals surface area contributed by atoms with E-state index in [1.54, 1.807) is 0 Å². The molecule has 0 saturated carbocycles. The van der Waals surface area contributed by atoms with Crippen LogP contribution in [0.3, 0.4) is 0 Å². The Balaban J connectivity index is 1.87. The highest BCUT2D eigenvalue weighted by atomic mass is 32.2. The molecule has 110 valence electrons. The Hall–Kier alpha value is -0.220. The van der Waals surface area contributed by atoms with Crippen LogP contribution in [-0.2, 0) is 4.79 Å². The van der Waals surface area contributed by atoms with Gasteiger partial charge >= 0.3 is 0 Å². The normalized spacial score (nSPS) is 22.4. The maximum atomic E-state index is 12.6. The first-order valence-corrected chi connectivity index (χ1v) is 9.04. The van der Waals surface area contributed by atoms with Crippen LogP contribution in [0.15, 0.2) is 0 Å². The second-order valence-electron chi connectivity index (χ2n) is 5.83. The van der Waals surface area contributed by atoms with E-state index in [4.69, 9.17) is 0 Å². The monoisotopic (exact) mass is 284 g/mol. The highest BCUT2D eigenvalue weighted by Gasteiger charge is 2.27. The number of carbonyl (C=O) groups excluding carboxylic acids is 1. The number of carbonyl (C=O) groups is 1. The fourth-order valence-corrected chi connectivity index (χ4v) is 4.39. The summed E-state index contributed by atoms with van der Waals surface area (Å²) in [5, 5.41) is 3.39. The van der Waals surface area contributed by atoms with Gasteiger partial charge < -0.3 is 10.2 Å². The molecule has 0 aromatic rings. The lowest BCUT2D eigenvalue weighted by Gasteiger charge is -2.36. The highest BCUT2D eigenvalue weighted by Crippen LogP contribution is 2.26. The van der Waals surface area contributed by atoms with E-state index in [0.29, 0.717) is 17.9 Å². The zero-order chi connectivity index (χ0) is 13.5. The molecule has 4 heteroatoms. The molecule has 19 heavy (non-hydrogen) atoms. The van der Waals surface area contributed by atoms with Crippen LogP contribution in [0.4, 0.5) is 0 Å². The Bertz CT molecular complexity index is 273. The van der Waals surface area contributed by atoms with Crippen LogP contribution in [0.5, 0.6) is 0 Å². The highest BCUT2D eigenvalue weighted by molar-refractivity contribution is 7.99. The van der Waals surface area contributed by atoms with Gasteiger partial charge in [-0.05, 0) is 62.6 Å². The topological polar surface area (TPSA) is 32.3 Å². The molecule has 0 aromatic heterocycles. The Morgan fingerprint density at radius 1 is 1.21 bits per heavy atom. The van der Waals surface area contributed by atoms with Gasteiger partial charge in [-0.1, -0.05) is 6.92 Å². The second-order valence-corrected chi connectivity index (χ2v) is 7.05. The summed E-state index contributed by atoms with van der Waals surface area (Å²) >= 11 is 2.04. The van der Waals surface area contributed by atoms with Crippen molar-refractivity contribution in [3.63, 3.8) is 0 Å². The molecule has 2 heterocycles. The first-order valence-electron chi connectivity index (χ1n) is 7.89. The van der Waals surface area contributed by atoms with Gasteiger partial charge in [0.15, 0.2) is 0 Å². The third kappa shape index (κ3) is 4.67. The molecule has 2 rings (SSSR count). The second kappa shape index (κ2) is 8.15. The maximum absolute atomic E-state index is 12.6. The molecule has 0 unspecified atom stereocenters. The predicted octanol–water partition coefficient (Wildman–Crippen LogP) is 2.51. The summed E-state index contributed by atoms with van der Waals surface area (Å²) in [6.45, 7) is 5.26. The molecular weight excluding hydrogens is 256 g/mol. The minimum Gasteiger partial charge on any atom is -0.340 e. The summed E-state index contributed by atoms with van der Waals surface area (Å²) in [4.78, 5) is 14.8. The van der Waals surface area contributed by atoms with Gasteiger partial charge in [-0.3, -0.25) is 4.79 Å². The lowest BCUT2D eigenvalue weighted by molar-refractivity contribution is -0.135. The van der Waals surface area contributed by atoms with Crippen LogP contribution in [0.25, 0.3) is 0 Å². The Morgan fingerprint density at radius 2 is 1.89 bits per heavy atom. The fourth-order valence-electron chi connectivity index (χ4n) is 3.18. The molecule has 0 aromatic carbocycles. The third-order valence-corrected chi connectivity index (χ3v) is 5.39. The van der Waals surface area contributed by atoms with Crippen molar-refractivity contribution in [3.8, 4) is 0 Å². The quantitative estimate of drug-likeness (QED) is 0.842. The van der Waals surface area contributed by atoms with Crippen molar-refractivity contribution in [1.29, 1.82) is 0 Å². The zero-order valence-electron chi connectivity index (χ0n) is 12.2. The number of hydrogen-bond acceptors (Lipinski definition) is 3. The summed E-state index contributed by atoms with van der Waals surface area (Å²) in [5.74, 6) is 3.57. The largest absolute Gasteiger partial charge is 0.340 e. The van der Waals surface area contributed by atoms with Gasteiger partial charge in [0.2, 0.25) is 5.91 Å². The summed E-state index contributed by atoms with van der Waals surface area (Å²) in [5.41, 5.74) is 0. The molecule has 2 aliphatic rings. The van der Waals surface area contributed by atoms with Crippen LogP contribution < -0.4 is 5.32 Å². The fraction of sp³-hybridized carbons (Fsp3) is 0.933. The molecule has 3 nitrogen and oxygen atoms in total. The minimum absolute atomic E-state index is 0.422. The Labute approximate surface area is 121 Å². The van der Waals surface area contributed by atoms with E-state index in [1.165, 1.54) is 24.3 Å². The van der Waals surface area contributed by atoms with Gasteiger partial charge in [-0.25, -0.2) is 0 Å². The number of nitrogens with zero attached hydrogens (tertiary/aromatic N) is 1. The van der Waals surface area contributed by atoms with Gasteiger partial charge in [-0.2, -0.15) is 11.8 Å². The molecule has 1 N–H and O–H groups in total. The van der Waals surface area contributed by atoms with Crippen molar-refractivity contribution < 1.29 is 4.79 Å². The molecular formula is C15H28N2OS. The average molecular weight is 284 g/mol. The molecule has 0 radical (unpaired) electrons. The van der Waals surface area contributed by atoms with Crippen molar-refractivity contribution in [1.82, 2.24) is 10.2 Å². The molecule has 2 saturated heterocycles. The van der Waals surface area contributed by atoms with Gasteiger partial charge in [0, 0.05) is 19.0 Å². The lowest BCUT2D eigenvalue weighted by Crippen LogP contribution is -2.47. The number of amides is 1. The van der Waals surface area contributed by atoms with Gasteiger partial charge in [0.1, 0.15) is 0 Å². The van der Waals surface area contributed by atoms with E-state index in [-0.39, 0.29) is 0 Å². The van der Waals surface area contributed by atoms with E-state index < -0.39 is 0 Å². The van der Waals surface area contributed by atoms with Crippen LogP contribution >= 0.6 is 11.8 Å². The van der Waals surface area contributed by atoms with Gasteiger partial charge in [0.05, 0.1) is 0 Å². The number of nitrogens with one attached hydrogen (secondary N) is 1. The zero-order valence-corrected chi connectivity index (χ0v) is 13.0. The van der Waals surface area contributed by atoms with Crippen LogP contribution in [0.2, 0.25) is 0 Å². The van der Waals surface area contributed by atoms with E-state index in [2.05, 4.69) is 17.1 Å². The SMILES string of the molecule is CCCN(C(=O)CC1CCSCC1)C1CCNCC1. The Kier molecular flexibility index (Phi) is 6.51. The van der Waals surface area contributed by atoms with E-state index in [9.17, 15) is 4.79 Å². The van der Waals surface area contributed by atoms with Crippen molar-refractivity contribution in [2.24, 2.45) is 5.92 Å². The number of piperidine rings is 1. The minimum atomic E-state index is 0.422. The van der Waals surface area contributed by atoms with Crippen LogP contribution in [0.1, 0.15) is 45.4 Å². The van der Waals surface area contributed by atoms with Gasteiger partial charge in [0.25, 0.3) is 0 Å². The van der Waals surface area contributed by atoms with E-state index in [0.717, 1.165) is 45.3 Å². The third-order valence-electron chi connectivity index (χ3n) is 4.34. The first kappa shape index (κ1) is 15.2. The average Bonchev–Trinajstić information content (AvgIpc) is 2.46. The smallest absolute Gasteiger partial charge is 0.223 e. The molecule has 2 aliphatic heterocycles. The number of rotatable bonds is 5. The molecule has 0 aliphatic carbocycles. The van der Waals surface area contributed by atoms with E-state index in [1.807, 2.05) is 11.8 Å². The molecule has 0 spiro atoms. The summed E-state index contributed by atoms with van der Waals surface area (Å²) in [6.07, 6.45) is 6.62. The Morgan fingerprint density at radius 3 is 2.53 bits per heavy atom. The molecule has 0 bridgehead atoms. The summed E-state index contributed by atoms with van der Waals surface area (Å²) in [7, 11) is 0. The molecule has 1 amide bonds. The summed E-state index contributed by atoms with van der Waals surface area (Å²) < 4.78 is 0. The number of thioether (sulfide) groups is 1. The lowest BCUT2D eigenvalue weighted by atomic mass is 9.96. The number of hydrogen-bond donors (Lipinski definition) is 1. The summed E-state index contributed by atoms with van der Waals surface area (Å²) in [6, 6.07) is 0.492. The standard InChI is InChI=1S/C15H28N2OS/c1-2-9-17(14-3-7-16-8-4-14)15(18)12-13-5-10-19-11-6-13/h13-14,16H,2-12H2,1H3. The maximum Gasteiger partial charge on any atom is 0.223 e. The molecule has 2 fully saturated rings. The molecule has 0 atom stereocenters. The van der Waals surface area contributed by atoms with Crippen molar-refractivity contribution in [3.05, 3.63) is 0 Å². The van der Waals surface area contributed by atoms with Crippen molar-refractivity contribution in [2.75, 3.05) is 31.1 Å².